The summed E-state index contributed by atoms with van der Waals surface area (Å²) in [5.41, 5.74) is 2.36. The first-order chi connectivity index (χ1) is 8.93. The number of rotatable bonds is 4. The molecule has 0 aliphatic heterocycles. The van der Waals surface area contributed by atoms with Crippen LogP contribution in [0.15, 0.2) is 6.20 Å². The fourth-order valence-electron chi connectivity index (χ4n) is 2.09. The Balaban J connectivity index is 2.46. The van der Waals surface area contributed by atoms with E-state index in [-0.39, 0.29) is 5.56 Å². The number of aromatic nitrogens is 4. The number of hydrogen-bond donors (Lipinski definition) is 2. The van der Waals surface area contributed by atoms with Gasteiger partial charge in [0.25, 0.3) is 0 Å². The molecule has 2 N–H and O–H groups in total. The summed E-state index contributed by atoms with van der Waals surface area (Å²) in [4.78, 5) is 11.3. The molecule has 0 fully saturated rings. The van der Waals surface area contributed by atoms with Crippen molar-refractivity contribution in [1.82, 2.24) is 19.6 Å². The molecule has 0 bridgehead atoms. The fourth-order valence-corrected chi connectivity index (χ4v) is 2.09. The average Bonchev–Trinajstić information content (AvgIpc) is 2.80. The second kappa shape index (κ2) is 4.75. The largest absolute Gasteiger partial charge is 0.477 e. The quantitative estimate of drug-likeness (QED) is 0.872. The third kappa shape index (κ3) is 2.31. The van der Waals surface area contributed by atoms with Gasteiger partial charge in [-0.15, -0.1) is 0 Å². The van der Waals surface area contributed by atoms with Gasteiger partial charge in [-0.3, -0.25) is 9.36 Å². The summed E-state index contributed by atoms with van der Waals surface area (Å²) in [6.07, 6.45) is 2.59. The summed E-state index contributed by atoms with van der Waals surface area (Å²) >= 11 is 0. The van der Waals surface area contributed by atoms with Gasteiger partial charge >= 0.3 is 5.97 Å². The molecule has 0 saturated carbocycles. The molecule has 102 valence electrons. The zero-order valence-electron chi connectivity index (χ0n) is 11.4. The topological polar surface area (TPSA) is 85.0 Å². The summed E-state index contributed by atoms with van der Waals surface area (Å²) in [5, 5.41) is 20.8. The zero-order chi connectivity index (χ0) is 14.2. The van der Waals surface area contributed by atoms with E-state index in [4.69, 9.17) is 0 Å². The molecule has 0 radical (unpaired) electrons. The molecule has 2 rings (SSSR count). The molecular formula is C12H17N5O2. The zero-order valence-corrected chi connectivity index (χ0v) is 11.4. The van der Waals surface area contributed by atoms with E-state index in [9.17, 15) is 9.90 Å². The van der Waals surface area contributed by atoms with E-state index in [0.29, 0.717) is 11.5 Å². The molecule has 0 amide bonds. The molecule has 2 aromatic rings. The number of carboxylic acid groups (broad SMARTS) is 1. The molecule has 2 aromatic heterocycles. The van der Waals surface area contributed by atoms with Crippen molar-refractivity contribution in [3.05, 3.63) is 23.1 Å². The van der Waals surface area contributed by atoms with E-state index in [1.165, 1.54) is 4.68 Å². The normalized spacial score (nSPS) is 10.7. The molecule has 0 saturated heterocycles. The highest BCUT2D eigenvalue weighted by molar-refractivity contribution is 5.95. The second-order valence-corrected chi connectivity index (χ2v) is 4.38. The lowest BCUT2D eigenvalue weighted by molar-refractivity contribution is 0.0697. The third-order valence-corrected chi connectivity index (χ3v) is 2.93. The highest BCUT2D eigenvalue weighted by atomic mass is 16.4. The van der Waals surface area contributed by atoms with Gasteiger partial charge in [0, 0.05) is 20.3 Å². The Hall–Kier alpha value is -2.31. The van der Waals surface area contributed by atoms with Crippen LogP contribution < -0.4 is 5.32 Å². The SMILES string of the molecule is CCc1nn(C)cc1Nc1c(C(=O)O)c(C)nn1C. The fraction of sp³-hybridized carbons (Fsp3) is 0.417. The van der Waals surface area contributed by atoms with Crippen molar-refractivity contribution in [1.29, 1.82) is 0 Å². The van der Waals surface area contributed by atoms with Crippen LogP contribution in [-0.4, -0.2) is 30.6 Å². The van der Waals surface area contributed by atoms with Crippen LogP contribution in [0.1, 0.15) is 28.7 Å². The van der Waals surface area contributed by atoms with Crippen molar-refractivity contribution in [2.75, 3.05) is 5.32 Å². The summed E-state index contributed by atoms with van der Waals surface area (Å²) in [6.45, 7) is 3.68. The first kappa shape index (κ1) is 13.1. The molecule has 0 atom stereocenters. The number of aromatic carboxylic acids is 1. The van der Waals surface area contributed by atoms with Crippen LogP contribution in [0.25, 0.3) is 0 Å². The van der Waals surface area contributed by atoms with Crippen LogP contribution in [0.2, 0.25) is 0 Å². The van der Waals surface area contributed by atoms with E-state index < -0.39 is 5.97 Å². The third-order valence-electron chi connectivity index (χ3n) is 2.93. The minimum absolute atomic E-state index is 0.188. The Morgan fingerprint density at radius 1 is 1.42 bits per heavy atom. The minimum Gasteiger partial charge on any atom is -0.477 e. The number of hydrogen-bond acceptors (Lipinski definition) is 4. The van der Waals surface area contributed by atoms with Crippen LogP contribution in [-0.2, 0) is 20.5 Å². The van der Waals surface area contributed by atoms with E-state index in [1.807, 2.05) is 20.2 Å². The highest BCUT2D eigenvalue weighted by Crippen LogP contribution is 2.25. The number of nitrogens with one attached hydrogen (secondary N) is 1. The average molecular weight is 263 g/mol. The van der Waals surface area contributed by atoms with Gasteiger partial charge in [0.15, 0.2) is 0 Å². The number of carbonyl (C=O) groups is 1. The van der Waals surface area contributed by atoms with Crippen molar-refractivity contribution in [3.63, 3.8) is 0 Å². The minimum atomic E-state index is -0.991. The molecule has 19 heavy (non-hydrogen) atoms. The van der Waals surface area contributed by atoms with Crippen molar-refractivity contribution in [2.24, 2.45) is 14.1 Å². The first-order valence-corrected chi connectivity index (χ1v) is 6.00. The maximum atomic E-state index is 11.3. The Morgan fingerprint density at radius 2 is 2.11 bits per heavy atom. The van der Waals surface area contributed by atoms with Gasteiger partial charge in [-0.1, -0.05) is 6.92 Å². The van der Waals surface area contributed by atoms with Crippen LogP contribution in [0.3, 0.4) is 0 Å². The molecule has 7 heteroatoms. The maximum Gasteiger partial charge on any atom is 0.341 e. The van der Waals surface area contributed by atoms with Crippen molar-refractivity contribution < 1.29 is 9.90 Å². The number of carboxylic acids is 1. The summed E-state index contributed by atoms with van der Waals surface area (Å²) in [7, 11) is 3.54. The summed E-state index contributed by atoms with van der Waals surface area (Å²) in [6, 6.07) is 0. The number of anilines is 2. The molecule has 0 unspecified atom stereocenters. The van der Waals surface area contributed by atoms with Crippen LogP contribution in [0, 0.1) is 6.92 Å². The molecule has 0 spiro atoms. The Labute approximate surface area is 110 Å². The van der Waals surface area contributed by atoms with Gasteiger partial charge < -0.3 is 10.4 Å². The van der Waals surface area contributed by atoms with Gasteiger partial charge in [-0.05, 0) is 13.3 Å². The lowest BCUT2D eigenvalue weighted by atomic mass is 10.2. The van der Waals surface area contributed by atoms with E-state index in [2.05, 4.69) is 15.5 Å². The van der Waals surface area contributed by atoms with Gasteiger partial charge in [-0.25, -0.2) is 4.79 Å². The number of aryl methyl sites for hydroxylation is 4. The standard InChI is InChI=1S/C12H17N5O2/c1-5-8-9(6-16(3)15-8)13-11-10(12(18)19)7(2)14-17(11)4/h6,13H,5H2,1-4H3,(H,18,19). The van der Waals surface area contributed by atoms with E-state index in [0.717, 1.165) is 17.8 Å². The van der Waals surface area contributed by atoms with E-state index in [1.54, 1.807) is 18.7 Å². The van der Waals surface area contributed by atoms with Gasteiger partial charge in [-0.2, -0.15) is 10.2 Å². The van der Waals surface area contributed by atoms with E-state index >= 15 is 0 Å². The van der Waals surface area contributed by atoms with Crippen LogP contribution in [0.5, 0.6) is 0 Å². The number of nitrogens with zero attached hydrogens (tertiary/aromatic N) is 4. The molecule has 2 heterocycles. The van der Waals surface area contributed by atoms with Crippen LogP contribution in [0.4, 0.5) is 11.5 Å². The first-order valence-electron chi connectivity index (χ1n) is 6.00. The summed E-state index contributed by atoms with van der Waals surface area (Å²) < 4.78 is 3.23. The molecule has 0 aliphatic carbocycles. The smallest absolute Gasteiger partial charge is 0.341 e. The Morgan fingerprint density at radius 3 is 2.68 bits per heavy atom. The van der Waals surface area contributed by atoms with Crippen molar-refractivity contribution >= 4 is 17.5 Å². The predicted molar refractivity (Wildman–Crippen MR) is 70.8 cm³/mol. The highest BCUT2D eigenvalue weighted by Gasteiger charge is 2.20. The lowest BCUT2D eigenvalue weighted by Gasteiger charge is -2.07. The van der Waals surface area contributed by atoms with Gasteiger partial charge in [0.2, 0.25) is 0 Å². The summed E-state index contributed by atoms with van der Waals surface area (Å²) in [5.74, 6) is -0.525. The van der Waals surface area contributed by atoms with Gasteiger partial charge in [0.05, 0.1) is 17.1 Å². The lowest BCUT2D eigenvalue weighted by Crippen LogP contribution is -2.05. The molecule has 0 aromatic carbocycles. The predicted octanol–water partition coefficient (Wildman–Crippen LogP) is 1.47. The molecule has 7 nitrogen and oxygen atoms in total. The van der Waals surface area contributed by atoms with Gasteiger partial charge in [0.1, 0.15) is 11.4 Å². The molecule has 0 aliphatic rings. The second-order valence-electron chi connectivity index (χ2n) is 4.38. The Bertz CT molecular complexity index is 626. The van der Waals surface area contributed by atoms with Crippen molar-refractivity contribution in [2.45, 2.75) is 20.3 Å². The van der Waals surface area contributed by atoms with Crippen LogP contribution >= 0.6 is 0 Å². The molecular weight excluding hydrogens is 246 g/mol. The van der Waals surface area contributed by atoms with Crippen molar-refractivity contribution in [3.8, 4) is 0 Å². The monoisotopic (exact) mass is 263 g/mol. The maximum absolute atomic E-state index is 11.3. The Kier molecular flexibility index (Phi) is 3.28.